The molecule has 1 rings (SSSR count). The zero-order valence-electron chi connectivity index (χ0n) is 11.9. The molecule has 2 amide bonds. The molecule has 0 radical (unpaired) electrons. The molecule has 0 atom stereocenters. The van der Waals surface area contributed by atoms with Crippen LogP contribution in [0.5, 0.6) is 0 Å². The largest absolute Gasteiger partial charge is 0.333 e. The molecule has 0 bridgehead atoms. The summed E-state index contributed by atoms with van der Waals surface area (Å²) in [4.78, 5) is 14.7. The lowest BCUT2D eigenvalue weighted by molar-refractivity contribution is 0.198. The van der Waals surface area contributed by atoms with Crippen LogP contribution in [-0.2, 0) is 6.54 Å². The molecule has 1 aromatic heterocycles. The van der Waals surface area contributed by atoms with Gasteiger partial charge in [0.25, 0.3) is 0 Å². The van der Waals surface area contributed by atoms with Gasteiger partial charge in [0.2, 0.25) is 0 Å². The van der Waals surface area contributed by atoms with Crippen LogP contribution in [0.3, 0.4) is 0 Å². The topological polar surface area (TPSA) is 58.4 Å². The molecule has 5 heteroatoms. The van der Waals surface area contributed by atoms with Crippen molar-refractivity contribution in [3.8, 4) is 11.8 Å². The van der Waals surface area contributed by atoms with Gasteiger partial charge in [-0.05, 0) is 26.8 Å². The molecular formula is C14H21N3OS. The van der Waals surface area contributed by atoms with E-state index in [0.717, 1.165) is 10.4 Å². The van der Waals surface area contributed by atoms with Crippen LogP contribution in [-0.4, -0.2) is 30.1 Å². The Balaban J connectivity index is 2.59. The van der Waals surface area contributed by atoms with Crippen molar-refractivity contribution in [2.24, 2.45) is 5.73 Å². The molecule has 0 fully saturated rings. The average Bonchev–Trinajstić information content (AvgIpc) is 2.71. The van der Waals surface area contributed by atoms with Crippen LogP contribution in [0.2, 0.25) is 0 Å². The molecule has 1 aromatic rings. The molecular weight excluding hydrogens is 258 g/mol. The maximum atomic E-state index is 11.9. The van der Waals surface area contributed by atoms with Gasteiger partial charge in [-0.2, -0.15) is 0 Å². The monoisotopic (exact) mass is 279 g/mol. The molecule has 0 saturated heterocycles. The predicted molar refractivity (Wildman–Crippen MR) is 80.0 cm³/mol. The lowest BCUT2D eigenvalue weighted by Crippen LogP contribution is -2.46. The maximum absolute atomic E-state index is 11.9. The number of nitrogens with one attached hydrogen (secondary N) is 1. The molecule has 3 N–H and O–H groups in total. The van der Waals surface area contributed by atoms with Gasteiger partial charge in [0.15, 0.2) is 0 Å². The Morgan fingerprint density at radius 1 is 1.53 bits per heavy atom. The van der Waals surface area contributed by atoms with Crippen molar-refractivity contribution in [3.05, 3.63) is 21.9 Å². The first-order valence-corrected chi connectivity index (χ1v) is 6.99. The van der Waals surface area contributed by atoms with Crippen LogP contribution in [0.4, 0.5) is 4.79 Å². The number of rotatable bonds is 2. The van der Waals surface area contributed by atoms with E-state index in [2.05, 4.69) is 17.2 Å². The van der Waals surface area contributed by atoms with Crippen molar-refractivity contribution < 1.29 is 4.79 Å². The Morgan fingerprint density at radius 2 is 2.21 bits per heavy atom. The summed E-state index contributed by atoms with van der Waals surface area (Å²) in [5.41, 5.74) is 6.06. The summed E-state index contributed by atoms with van der Waals surface area (Å²) < 4.78 is 0. The first-order chi connectivity index (χ1) is 8.81. The number of nitrogens with zero attached hydrogens (tertiary/aromatic N) is 1. The normalized spacial score (nSPS) is 10.6. The van der Waals surface area contributed by atoms with E-state index < -0.39 is 0 Å². The molecule has 1 heterocycles. The van der Waals surface area contributed by atoms with Crippen molar-refractivity contribution >= 4 is 17.4 Å². The minimum absolute atomic E-state index is 0.0736. The van der Waals surface area contributed by atoms with Gasteiger partial charge in [-0.1, -0.05) is 11.8 Å². The molecule has 0 aliphatic heterocycles. The highest BCUT2D eigenvalue weighted by atomic mass is 32.1. The van der Waals surface area contributed by atoms with Crippen molar-refractivity contribution in [1.29, 1.82) is 0 Å². The second-order valence-corrected chi connectivity index (χ2v) is 6.34. The Kier molecular flexibility index (Phi) is 5.40. The quantitative estimate of drug-likeness (QED) is 0.814. The smallest absolute Gasteiger partial charge is 0.317 e. The summed E-state index contributed by atoms with van der Waals surface area (Å²) in [6.45, 7) is 6.83. The van der Waals surface area contributed by atoms with E-state index in [9.17, 15) is 4.79 Å². The predicted octanol–water partition coefficient (Wildman–Crippen LogP) is 2.00. The lowest BCUT2D eigenvalue weighted by Gasteiger charge is -2.25. The number of urea groups is 1. The summed E-state index contributed by atoms with van der Waals surface area (Å²) >= 11 is 1.60. The lowest BCUT2D eigenvalue weighted by atomic mass is 10.1. The highest BCUT2D eigenvalue weighted by Gasteiger charge is 2.17. The van der Waals surface area contributed by atoms with Crippen LogP contribution in [0, 0.1) is 11.8 Å². The van der Waals surface area contributed by atoms with Crippen LogP contribution in [0.15, 0.2) is 11.4 Å². The molecule has 19 heavy (non-hydrogen) atoms. The summed E-state index contributed by atoms with van der Waals surface area (Å²) in [5.74, 6) is 5.80. The third-order valence-corrected chi connectivity index (χ3v) is 3.13. The van der Waals surface area contributed by atoms with Crippen molar-refractivity contribution in [2.75, 3.05) is 13.6 Å². The highest BCUT2D eigenvalue weighted by molar-refractivity contribution is 7.10. The van der Waals surface area contributed by atoms with E-state index in [0.29, 0.717) is 13.1 Å². The third kappa shape index (κ3) is 5.77. The van der Waals surface area contributed by atoms with E-state index in [4.69, 9.17) is 5.73 Å². The Labute approximate surface area is 119 Å². The Morgan fingerprint density at radius 3 is 2.79 bits per heavy atom. The third-order valence-electron chi connectivity index (χ3n) is 2.21. The molecule has 104 valence electrons. The summed E-state index contributed by atoms with van der Waals surface area (Å²) in [6.07, 6.45) is 0. The molecule has 0 aromatic carbocycles. The highest BCUT2D eigenvalue weighted by Crippen LogP contribution is 2.16. The standard InChI is InChI=1S/C14H21N3OS/c1-14(2,3)16-13(18)17(4)9-12-8-11(10-19-12)6-5-7-15/h8,10H,7,9,15H2,1-4H3,(H,16,18). The number of hydrogen-bond acceptors (Lipinski definition) is 3. The first-order valence-electron chi connectivity index (χ1n) is 6.11. The molecule has 4 nitrogen and oxygen atoms in total. The van der Waals surface area contributed by atoms with Crippen LogP contribution >= 0.6 is 11.3 Å². The summed E-state index contributed by atoms with van der Waals surface area (Å²) in [5, 5.41) is 4.91. The Hall–Kier alpha value is -1.51. The molecule has 0 aliphatic carbocycles. The molecule has 0 saturated carbocycles. The average molecular weight is 279 g/mol. The van der Waals surface area contributed by atoms with E-state index in [1.165, 1.54) is 0 Å². The van der Waals surface area contributed by atoms with E-state index >= 15 is 0 Å². The fourth-order valence-corrected chi connectivity index (χ4v) is 2.27. The van der Waals surface area contributed by atoms with Crippen molar-refractivity contribution in [2.45, 2.75) is 32.9 Å². The fourth-order valence-electron chi connectivity index (χ4n) is 1.40. The van der Waals surface area contributed by atoms with E-state index in [-0.39, 0.29) is 11.6 Å². The SMILES string of the molecule is CN(Cc1cc(C#CCN)cs1)C(=O)NC(C)(C)C. The van der Waals surface area contributed by atoms with Gasteiger partial charge in [0, 0.05) is 28.4 Å². The summed E-state index contributed by atoms with van der Waals surface area (Å²) in [6, 6.07) is 1.92. The minimum atomic E-state index is -0.224. The van der Waals surface area contributed by atoms with Crippen LogP contribution in [0.1, 0.15) is 31.2 Å². The maximum Gasteiger partial charge on any atom is 0.317 e. The number of nitrogens with two attached hydrogens (primary N) is 1. The van der Waals surface area contributed by atoms with Gasteiger partial charge in [0.05, 0.1) is 13.1 Å². The number of carbonyl (C=O) groups excluding carboxylic acids is 1. The van der Waals surface area contributed by atoms with E-state index in [1.807, 2.05) is 32.2 Å². The second-order valence-electron chi connectivity index (χ2n) is 5.34. The van der Waals surface area contributed by atoms with Gasteiger partial charge in [-0.3, -0.25) is 0 Å². The molecule has 0 unspecified atom stereocenters. The van der Waals surface area contributed by atoms with Gasteiger partial charge < -0.3 is 16.0 Å². The number of hydrogen-bond donors (Lipinski definition) is 2. The Bertz CT molecular complexity index is 491. The minimum Gasteiger partial charge on any atom is -0.333 e. The zero-order chi connectivity index (χ0) is 14.5. The number of carbonyl (C=O) groups is 1. The first kappa shape index (κ1) is 15.5. The van der Waals surface area contributed by atoms with Crippen molar-refractivity contribution in [3.63, 3.8) is 0 Å². The van der Waals surface area contributed by atoms with E-state index in [1.54, 1.807) is 23.3 Å². The van der Waals surface area contributed by atoms with Gasteiger partial charge in [-0.25, -0.2) is 4.79 Å². The summed E-state index contributed by atoms with van der Waals surface area (Å²) in [7, 11) is 1.78. The zero-order valence-corrected chi connectivity index (χ0v) is 12.7. The second kappa shape index (κ2) is 6.60. The molecule has 0 aliphatic rings. The van der Waals surface area contributed by atoms with Crippen LogP contribution in [0.25, 0.3) is 0 Å². The van der Waals surface area contributed by atoms with Gasteiger partial charge >= 0.3 is 6.03 Å². The number of thiophene rings is 1. The number of amides is 2. The van der Waals surface area contributed by atoms with Crippen LogP contribution < -0.4 is 11.1 Å². The fraction of sp³-hybridized carbons (Fsp3) is 0.500. The van der Waals surface area contributed by atoms with Crippen molar-refractivity contribution in [1.82, 2.24) is 10.2 Å². The van der Waals surface area contributed by atoms with Gasteiger partial charge in [0.1, 0.15) is 0 Å². The van der Waals surface area contributed by atoms with Gasteiger partial charge in [-0.15, -0.1) is 11.3 Å². The molecule has 0 spiro atoms.